The lowest BCUT2D eigenvalue weighted by Gasteiger charge is -2.11. The molecular weight excluding hydrogens is 334 g/mol. The molecular formula is C13H11BrClNO3. The minimum Gasteiger partial charge on any atom is -0.463 e. The Balaban J connectivity index is 2.31. The molecule has 1 aromatic heterocycles. The number of hydrogen-bond donors (Lipinski definition) is 1. The number of carbonyl (C=O) groups excluding carboxylic acids is 1. The Morgan fingerprint density at radius 3 is 2.79 bits per heavy atom. The van der Waals surface area contributed by atoms with Gasteiger partial charge in [0.05, 0.1) is 13.2 Å². The number of furan rings is 1. The van der Waals surface area contributed by atoms with Crippen LogP contribution in [0.2, 0.25) is 5.02 Å². The second-order valence-electron chi connectivity index (χ2n) is 3.84. The van der Waals surface area contributed by atoms with Gasteiger partial charge in [0.2, 0.25) is 5.76 Å². The molecule has 1 atom stereocenters. The van der Waals surface area contributed by atoms with Crippen LogP contribution >= 0.6 is 27.5 Å². The first-order valence-electron chi connectivity index (χ1n) is 5.41. The zero-order chi connectivity index (χ0) is 14.0. The van der Waals surface area contributed by atoms with Crippen LogP contribution in [-0.4, -0.2) is 13.1 Å². The largest absolute Gasteiger partial charge is 0.463 e. The van der Waals surface area contributed by atoms with Crippen LogP contribution in [0, 0.1) is 0 Å². The van der Waals surface area contributed by atoms with E-state index in [1.807, 2.05) is 6.07 Å². The summed E-state index contributed by atoms with van der Waals surface area (Å²) in [4.78, 5) is 11.3. The van der Waals surface area contributed by atoms with Gasteiger partial charge in [-0.2, -0.15) is 0 Å². The van der Waals surface area contributed by atoms with Gasteiger partial charge >= 0.3 is 5.97 Å². The number of benzene rings is 1. The summed E-state index contributed by atoms with van der Waals surface area (Å²) in [5.41, 5.74) is 6.79. The summed E-state index contributed by atoms with van der Waals surface area (Å²) >= 11 is 9.45. The molecule has 6 heteroatoms. The van der Waals surface area contributed by atoms with Gasteiger partial charge in [0, 0.05) is 9.50 Å². The monoisotopic (exact) mass is 343 g/mol. The predicted molar refractivity (Wildman–Crippen MR) is 75.2 cm³/mol. The van der Waals surface area contributed by atoms with Crippen LogP contribution in [0.3, 0.4) is 0 Å². The molecule has 0 radical (unpaired) electrons. The van der Waals surface area contributed by atoms with Gasteiger partial charge in [-0.3, -0.25) is 0 Å². The maximum atomic E-state index is 11.3. The number of rotatable bonds is 3. The van der Waals surface area contributed by atoms with Gasteiger partial charge < -0.3 is 14.9 Å². The van der Waals surface area contributed by atoms with Gasteiger partial charge in [-0.1, -0.05) is 33.6 Å². The molecule has 1 unspecified atom stereocenters. The maximum Gasteiger partial charge on any atom is 0.373 e. The van der Waals surface area contributed by atoms with Crippen LogP contribution in [0.1, 0.15) is 27.9 Å². The lowest BCUT2D eigenvalue weighted by Crippen LogP contribution is -2.11. The van der Waals surface area contributed by atoms with Crippen molar-refractivity contribution < 1.29 is 13.9 Å². The highest BCUT2D eigenvalue weighted by atomic mass is 79.9. The van der Waals surface area contributed by atoms with Gasteiger partial charge in [0.15, 0.2) is 0 Å². The van der Waals surface area contributed by atoms with Crippen LogP contribution in [0.25, 0.3) is 0 Å². The average molecular weight is 345 g/mol. The van der Waals surface area contributed by atoms with Crippen molar-refractivity contribution in [1.29, 1.82) is 0 Å². The van der Waals surface area contributed by atoms with Crippen LogP contribution in [-0.2, 0) is 4.74 Å². The molecule has 1 heterocycles. The van der Waals surface area contributed by atoms with Crippen molar-refractivity contribution in [3.05, 3.63) is 56.9 Å². The van der Waals surface area contributed by atoms with E-state index in [2.05, 4.69) is 20.7 Å². The van der Waals surface area contributed by atoms with Gasteiger partial charge in [0.25, 0.3) is 0 Å². The zero-order valence-electron chi connectivity index (χ0n) is 10.0. The predicted octanol–water partition coefficient (Wildman–Crippen LogP) is 3.53. The fourth-order valence-corrected chi connectivity index (χ4v) is 2.43. The number of carbonyl (C=O) groups is 1. The summed E-state index contributed by atoms with van der Waals surface area (Å²) in [6.45, 7) is 0. The van der Waals surface area contributed by atoms with E-state index in [0.29, 0.717) is 10.8 Å². The van der Waals surface area contributed by atoms with Crippen molar-refractivity contribution >= 4 is 33.5 Å². The number of methoxy groups -OCH3 is 1. The fraction of sp³-hybridized carbons (Fsp3) is 0.154. The Kier molecular flexibility index (Phi) is 4.29. The number of esters is 1. The van der Waals surface area contributed by atoms with Gasteiger partial charge in [-0.05, 0) is 29.8 Å². The quantitative estimate of drug-likeness (QED) is 0.865. The van der Waals surface area contributed by atoms with Crippen molar-refractivity contribution in [1.82, 2.24) is 0 Å². The third kappa shape index (κ3) is 3.00. The highest BCUT2D eigenvalue weighted by molar-refractivity contribution is 9.10. The summed E-state index contributed by atoms with van der Waals surface area (Å²) in [6, 6.07) is 8.01. The Morgan fingerprint density at radius 1 is 1.42 bits per heavy atom. The molecule has 0 spiro atoms. The molecule has 0 bridgehead atoms. The molecule has 0 amide bonds. The van der Waals surface area contributed by atoms with Crippen molar-refractivity contribution in [2.45, 2.75) is 6.04 Å². The highest BCUT2D eigenvalue weighted by Crippen LogP contribution is 2.29. The molecule has 2 N–H and O–H groups in total. The van der Waals surface area contributed by atoms with Crippen LogP contribution < -0.4 is 5.73 Å². The minimum atomic E-state index is -0.543. The molecule has 100 valence electrons. The third-order valence-electron chi connectivity index (χ3n) is 2.62. The van der Waals surface area contributed by atoms with Crippen molar-refractivity contribution in [3.63, 3.8) is 0 Å². The van der Waals surface area contributed by atoms with Crippen molar-refractivity contribution in [3.8, 4) is 0 Å². The molecule has 0 aliphatic rings. The summed E-state index contributed by atoms with van der Waals surface area (Å²) < 4.78 is 10.8. The summed E-state index contributed by atoms with van der Waals surface area (Å²) in [5.74, 6) is 0.0196. The SMILES string of the molecule is COC(=O)c1ccc(C(N)c2ccc(Br)cc2Cl)o1. The second-order valence-corrected chi connectivity index (χ2v) is 5.16. The first-order chi connectivity index (χ1) is 9.02. The first-order valence-corrected chi connectivity index (χ1v) is 6.58. The number of nitrogens with two attached hydrogens (primary N) is 1. The molecule has 0 saturated carbocycles. The fourth-order valence-electron chi connectivity index (χ4n) is 1.64. The Labute approximate surface area is 123 Å². The highest BCUT2D eigenvalue weighted by Gasteiger charge is 2.19. The molecule has 0 fully saturated rings. The molecule has 0 aliphatic carbocycles. The third-order valence-corrected chi connectivity index (χ3v) is 3.44. The Bertz CT molecular complexity index is 612. The smallest absolute Gasteiger partial charge is 0.373 e. The van der Waals surface area contributed by atoms with Gasteiger partial charge in [0.1, 0.15) is 5.76 Å². The first kappa shape index (κ1) is 14.1. The van der Waals surface area contributed by atoms with E-state index >= 15 is 0 Å². The number of halogens is 2. The van der Waals surface area contributed by atoms with E-state index in [-0.39, 0.29) is 5.76 Å². The summed E-state index contributed by atoms with van der Waals surface area (Å²) in [5, 5.41) is 0.526. The second kappa shape index (κ2) is 5.77. The van der Waals surface area contributed by atoms with Crippen molar-refractivity contribution in [2.24, 2.45) is 5.73 Å². The number of ether oxygens (including phenoxy) is 1. The van der Waals surface area contributed by atoms with Crippen molar-refractivity contribution in [2.75, 3.05) is 7.11 Å². The topological polar surface area (TPSA) is 65.5 Å². The van der Waals surface area contributed by atoms with Gasteiger partial charge in [-0.15, -0.1) is 0 Å². The average Bonchev–Trinajstić information content (AvgIpc) is 2.86. The van der Waals surface area contributed by atoms with E-state index < -0.39 is 12.0 Å². The Hall–Kier alpha value is -1.30. The van der Waals surface area contributed by atoms with Crippen LogP contribution in [0.4, 0.5) is 0 Å². The zero-order valence-corrected chi connectivity index (χ0v) is 12.4. The Morgan fingerprint density at radius 2 is 2.16 bits per heavy atom. The van der Waals surface area contributed by atoms with Crippen LogP contribution in [0.5, 0.6) is 0 Å². The normalized spacial score (nSPS) is 12.2. The lowest BCUT2D eigenvalue weighted by molar-refractivity contribution is 0.0562. The summed E-state index contributed by atoms with van der Waals surface area (Å²) in [6.07, 6.45) is 0. The maximum absolute atomic E-state index is 11.3. The van der Waals surface area contributed by atoms with E-state index in [4.69, 9.17) is 21.8 Å². The molecule has 0 aliphatic heterocycles. The minimum absolute atomic E-state index is 0.112. The molecule has 19 heavy (non-hydrogen) atoms. The van der Waals surface area contributed by atoms with Gasteiger partial charge in [-0.25, -0.2) is 4.79 Å². The summed E-state index contributed by atoms with van der Waals surface area (Å²) in [7, 11) is 1.29. The number of hydrogen-bond acceptors (Lipinski definition) is 4. The van der Waals surface area contributed by atoms with Crippen LogP contribution in [0.15, 0.2) is 39.2 Å². The molecule has 2 rings (SSSR count). The molecule has 4 nitrogen and oxygen atoms in total. The van der Waals surface area contributed by atoms with E-state index in [1.54, 1.807) is 18.2 Å². The molecule has 0 saturated heterocycles. The molecule has 2 aromatic rings. The standard InChI is InChI=1S/C13H11BrClNO3/c1-18-13(17)11-5-4-10(19-11)12(16)8-3-2-7(14)6-9(8)15/h2-6,12H,16H2,1H3. The van der Waals surface area contributed by atoms with E-state index in [9.17, 15) is 4.79 Å². The van der Waals surface area contributed by atoms with E-state index in [0.717, 1.165) is 10.0 Å². The lowest BCUT2D eigenvalue weighted by atomic mass is 10.1. The van der Waals surface area contributed by atoms with E-state index in [1.165, 1.54) is 13.2 Å². The molecule has 1 aromatic carbocycles.